The van der Waals surface area contributed by atoms with Crippen LogP contribution in [0.5, 0.6) is 0 Å². The lowest BCUT2D eigenvalue weighted by Crippen LogP contribution is -2.40. The van der Waals surface area contributed by atoms with E-state index in [0.717, 1.165) is 18.2 Å². The molecule has 0 saturated carbocycles. The third kappa shape index (κ3) is 4.24. The number of rotatable bonds is 3. The molecule has 0 atom stereocenters. The summed E-state index contributed by atoms with van der Waals surface area (Å²) in [6.07, 6.45) is 2.37. The second-order valence-electron chi connectivity index (χ2n) is 4.31. The maximum Gasteiger partial charge on any atom is 0.269 e. The summed E-state index contributed by atoms with van der Waals surface area (Å²) >= 11 is 0. The summed E-state index contributed by atoms with van der Waals surface area (Å²) in [6, 6.07) is 10.8. The van der Waals surface area contributed by atoms with E-state index in [1.165, 1.54) is 36.4 Å². The lowest BCUT2D eigenvalue weighted by molar-refractivity contribution is -0.117. The molecule has 6 heteroatoms. The number of hydrogen-bond donors (Lipinski definition) is 2. The van der Waals surface area contributed by atoms with Crippen molar-refractivity contribution < 1.29 is 18.4 Å². The minimum atomic E-state index is -0.626. The van der Waals surface area contributed by atoms with Crippen molar-refractivity contribution in [2.24, 2.45) is 0 Å². The van der Waals surface area contributed by atoms with E-state index in [1.807, 2.05) is 0 Å². The second-order valence-corrected chi connectivity index (χ2v) is 4.31. The number of amides is 2. The first-order chi connectivity index (χ1) is 10.6. The predicted octanol–water partition coefficient (Wildman–Crippen LogP) is 2.44. The first-order valence-corrected chi connectivity index (χ1v) is 6.35. The van der Waals surface area contributed by atoms with Gasteiger partial charge < -0.3 is 0 Å². The molecule has 2 amide bonds. The zero-order valence-electron chi connectivity index (χ0n) is 11.3. The molecule has 2 N–H and O–H groups in total. The van der Waals surface area contributed by atoms with Gasteiger partial charge in [-0.2, -0.15) is 0 Å². The Bertz CT molecular complexity index is 712. The average Bonchev–Trinajstić information content (AvgIpc) is 2.52. The third-order valence-electron chi connectivity index (χ3n) is 2.73. The molecule has 0 aliphatic heterocycles. The fourth-order valence-corrected chi connectivity index (χ4v) is 1.61. The Kier molecular flexibility index (Phi) is 4.98. The van der Waals surface area contributed by atoms with Gasteiger partial charge in [0.1, 0.15) is 11.6 Å². The predicted molar refractivity (Wildman–Crippen MR) is 77.4 cm³/mol. The van der Waals surface area contributed by atoms with Gasteiger partial charge >= 0.3 is 0 Å². The molecule has 0 heterocycles. The quantitative estimate of drug-likeness (QED) is 0.676. The van der Waals surface area contributed by atoms with Crippen LogP contribution in [0.25, 0.3) is 6.08 Å². The van der Waals surface area contributed by atoms with Gasteiger partial charge in [0.25, 0.3) is 11.8 Å². The Morgan fingerprint density at radius 2 is 1.59 bits per heavy atom. The number of hydrazine groups is 1. The number of hydrogen-bond acceptors (Lipinski definition) is 2. The standard InChI is InChI=1S/C16H12F2N2O2/c17-13-8-5-12(6-9-13)16(22)20-19-15(21)10-7-11-3-1-2-4-14(11)18/h1-10H,(H,19,21)(H,20,22)/b10-7+. The second kappa shape index (κ2) is 7.12. The Labute approximate surface area is 125 Å². The summed E-state index contributed by atoms with van der Waals surface area (Å²) < 4.78 is 26.0. The van der Waals surface area contributed by atoms with Crippen LogP contribution in [0.4, 0.5) is 8.78 Å². The van der Waals surface area contributed by atoms with E-state index < -0.39 is 23.4 Å². The molecule has 0 aromatic heterocycles. The molecule has 0 aliphatic rings. The maximum atomic E-state index is 13.3. The van der Waals surface area contributed by atoms with E-state index in [0.29, 0.717) is 0 Å². The van der Waals surface area contributed by atoms with Gasteiger partial charge in [0.15, 0.2) is 0 Å². The van der Waals surface area contributed by atoms with E-state index in [9.17, 15) is 18.4 Å². The van der Waals surface area contributed by atoms with Crippen molar-refractivity contribution in [2.45, 2.75) is 0 Å². The van der Waals surface area contributed by atoms with Gasteiger partial charge in [-0.3, -0.25) is 20.4 Å². The van der Waals surface area contributed by atoms with Gasteiger partial charge in [-0.1, -0.05) is 18.2 Å². The third-order valence-corrected chi connectivity index (χ3v) is 2.73. The molecule has 112 valence electrons. The van der Waals surface area contributed by atoms with Crippen LogP contribution in [0.15, 0.2) is 54.6 Å². The van der Waals surface area contributed by atoms with E-state index in [2.05, 4.69) is 10.9 Å². The molecule has 0 unspecified atom stereocenters. The summed E-state index contributed by atoms with van der Waals surface area (Å²) in [5.74, 6) is -2.14. The van der Waals surface area contributed by atoms with Crippen molar-refractivity contribution in [1.82, 2.24) is 10.9 Å². The SMILES string of the molecule is O=C(/C=C/c1ccccc1F)NNC(=O)c1ccc(F)cc1. The van der Waals surface area contributed by atoms with Gasteiger partial charge in [0.2, 0.25) is 0 Å². The van der Waals surface area contributed by atoms with Crippen molar-refractivity contribution in [2.75, 3.05) is 0 Å². The zero-order chi connectivity index (χ0) is 15.9. The highest BCUT2D eigenvalue weighted by Crippen LogP contribution is 2.07. The van der Waals surface area contributed by atoms with Gasteiger partial charge in [0, 0.05) is 17.2 Å². The summed E-state index contributed by atoms with van der Waals surface area (Å²) in [5.41, 5.74) is 4.75. The highest BCUT2D eigenvalue weighted by molar-refractivity contribution is 5.97. The summed E-state index contributed by atoms with van der Waals surface area (Å²) in [4.78, 5) is 23.2. The molecular formula is C16H12F2N2O2. The van der Waals surface area contributed by atoms with E-state index in [1.54, 1.807) is 6.07 Å². The average molecular weight is 302 g/mol. The van der Waals surface area contributed by atoms with Crippen LogP contribution in [-0.4, -0.2) is 11.8 Å². The number of carbonyl (C=O) groups excluding carboxylic acids is 2. The minimum absolute atomic E-state index is 0.194. The maximum absolute atomic E-state index is 13.3. The Balaban J connectivity index is 1.89. The van der Waals surface area contributed by atoms with Crippen LogP contribution < -0.4 is 10.9 Å². The summed E-state index contributed by atoms with van der Waals surface area (Å²) in [7, 11) is 0. The van der Waals surface area contributed by atoms with Crippen molar-refractivity contribution in [3.05, 3.63) is 77.4 Å². The smallest absolute Gasteiger partial charge is 0.268 e. The minimum Gasteiger partial charge on any atom is -0.268 e. The van der Waals surface area contributed by atoms with Crippen LogP contribution in [-0.2, 0) is 4.79 Å². The van der Waals surface area contributed by atoms with Crippen molar-refractivity contribution in [1.29, 1.82) is 0 Å². The van der Waals surface area contributed by atoms with E-state index in [-0.39, 0.29) is 11.1 Å². The molecule has 0 fully saturated rings. The summed E-state index contributed by atoms with van der Waals surface area (Å²) in [6.45, 7) is 0. The molecule has 22 heavy (non-hydrogen) atoms. The monoisotopic (exact) mass is 302 g/mol. The Morgan fingerprint density at radius 3 is 2.27 bits per heavy atom. The van der Waals surface area contributed by atoms with Gasteiger partial charge in [-0.15, -0.1) is 0 Å². The number of benzene rings is 2. The lowest BCUT2D eigenvalue weighted by Gasteiger charge is -2.05. The van der Waals surface area contributed by atoms with Gasteiger partial charge in [-0.25, -0.2) is 8.78 Å². The molecule has 0 saturated heterocycles. The van der Waals surface area contributed by atoms with E-state index in [4.69, 9.17) is 0 Å². The first-order valence-electron chi connectivity index (χ1n) is 6.35. The van der Waals surface area contributed by atoms with Crippen LogP contribution >= 0.6 is 0 Å². The number of halogens is 2. The largest absolute Gasteiger partial charge is 0.269 e. The Hall–Kier alpha value is -3.02. The molecular weight excluding hydrogens is 290 g/mol. The Morgan fingerprint density at radius 1 is 0.909 bits per heavy atom. The number of carbonyl (C=O) groups is 2. The molecule has 0 spiro atoms. The molecule has 0 bridgehead atoms. The van der Waals surface area contributed by atoms with Crippen LogP contribution in [0.1, 0.15) is 15.9 Å². The highest BCUT2D eigenvalue weighted by Gasteiger charge is 2.06. The van der Waals surface area contributed by atoms with Crippen LogP contribution in [0.2, 0.25) is 0 Å². The van der Waals surface area contributed by atoms with Crippen molar-refractivity contribution >= 4 is 17.9 Å². The molecule has 0 radical (unpaired) electrons. The lowest BCUT2D eigenvalue weighted by atomic mass is 10.2. The first kappa shape index (κ1) is 15.4. The van der Waals surface area contributed by atoms with Crippen LogP contribution in [0.3, 0.4) is 0 Å². The fourth-order valence-electron chi connectivity index (χ4n) is 1.61. The van der Waals surface area contributed by atoms with Crippen molar-refractivity contribution in [3.63, 3.8) is 0 Å². The molecule has 0 aliphatic carbocycles. The molecule has 2 aromatic carbocycles. The highest BCUT2D eigenvalue weighted by atomic mass is 19.1. The zero-order valence-corrected chi connectivity index (χ0v) is 11.3. The summed E-state index contributed by atoms with van der Waals surface area (Å²) in [5, 5.41) is 0. The van der Waals surface area contributed by atoms with Gasteiger partial charge in [0.05, 0.1) is 0 Å². The van der Waals surface area contributed by atoms with Crippen LogP contribution in [0, 0.1) is 11.6 Å². The molecule has 2 aromatic rings. The number of nitrogens with one attached hydrogen (secondary N) is 2. The normalized spacial score (nSPS) is 10.5. The molecule has 4 nitrogen and oxygen atoms in total. The van der Waals surface area contributed by atoms with Gasteiger partial charge in [-0.05, 0) is 36.4 Å². The van der Waals surface area contributed by atoms with E-state index >= 15 is 0 Å². The topological polar surface area (TPSA) is 58.2 Å². The van der Waals surface area contributed by atoms with Crippen molar-refractivity contribution in [3.8, 4) is 0 Å². The molecule has 2 rings (SSSR count). The fraction of sp³-hybridized carbons (Fsp3) is 0.